The number of aromatic nitrogens is 2. The Morgan fingerprint density at radius 1 is 0.964 bits per heavy atom. The van der Waals surface area contributed by atoms with Crippen LogP contribution in [-0.2, 0) is 19.6 Å². The van der Waals surface area contributed by atoms with Crippen LogP contribution in [0.4, 0.5) is 0 Å². The van der Waals surface area contributed by atoms with E-state index >= 15 is 0 Å². The number of aryl methyl sites for hydroxylation is 2. The molecule has 0 bridgehead atoms. The van der Waals surface area contributed by atoms with E-state index in [0.29, 0.717) is 18.7 Å². The Hall–Kier alpha value is -3.18. The van der Waals surface area contributed by atoms with Crippen molar-refractivity contribution in [2.24, 2.45) is 0 Å². The van der Waals surface area contributed by atoms with Crippen LogP contribution in [0.25, 0.3) is 5.65 Å². The molecule has 0 amide bonds. The molecule has 4 rings (SSSR count). The van der Waals surface area contributed by atoms with E-state index < -0.39 is 0 Å². The van der Waals surface area contributed by atoms with Gasteiger partial charge in [0.1, 0.15) is 11.4 Å². The number of furan rings is 1. The Kier molecular flexibility index (Phi) is 5.08. The van der Waals surface area contributed by atoms with Gasteiger partial charge in [-0.1, -0.05) is 29.8 Å². The monoisotopic (exact) mass is 373 g/mol. The first-order chi connectivity index (χ1) is 13.6. The first-order valence-corrected chi connectivity index (χ1v) is 9.36. The van der Waals surface area contributed by atoms with Crippen LogP contribution in [0, 0.1) is 13.8 Å². The summed E-state index contributed by atoms with van der Waals surface area (Å²) in [6.07, 6.45) is 3.46. The largest absolute Gasteiger partial charge is 0.468 e. The zero-order valence-corrected chi connectivity index (χ0v) is 16.1. The first-order valence-electron chi connectivity index (χ1n) is 9.36. The summed E-state index contributed by atoms with van der Waals surface area (Å²) in [6.45, 7) is 6.04. The normalized spacial score (nSPS) is 11.4. The molecule has 5 heteroatoms. The molecule has 0 saturated heterocycles. The van der Waals surface area contributed by atoms with E-state index in [0.717, 1.165) is 23.6 Å². The molecule has 0 aliphatic carbocycles. The van der Waals surface area contributed by atoms with Crippen molar-refractivity contribution in [1.82, 2.24) is 14.3 Å². The van der Waals surface area contributed by atoms with E-state index in [1.54, 1.807) is 22.9 Å². The van der Waals surface area contributed by atoms with Crippen molar-refractivity contribution in [2.75, 3.05) is 0 Å². The molecule has 0 fully saturated rings. The third kappa shape index (κ3) is 4.21. The standard InChI is InChI=1S/C23H23N3O2/c1-17-5-7-19(8-6-17)14-25(16-21-4-3-11-28-21)15-20-13-23(27)26-10-9-18(2)12-22(26)24-20/h3-13H,14-16H2,1-2H3. The predicted molar refractivity (Wildman–Crippen MR) is 109 cm³/mol. The molecule has 28 heavy (non-hydrogen) atoms. The van der Waals surface area contributed by atoms with Crippen LogP contribution in [0.15, 0.2) is 76.3 Å². The van der Waals surface area contributed by atoms with E-state index in [9.17, 15) is 4.79 Å². The van der Waals surface area contributed by atoms with E-state index in [1.807, 2.05) is 31.2 Å². The third-order valence-corrected chi connectivity index (χ3v) is 4.75. The van der Waals surface area contributed by atoms with Gasteiger partial charge in [0.05, 0.1) is 18.5 Å². The fourth-order valence-electron chi connectivity index (χ4n) is 3.31. The molecule has 0 unspecified atom stereocenters. The van der Waals surface area contributed by atoms with Crippen LogP contribution < -0.4 is 5.56 Å². The number of hydrogen-bond acceptors (Lipinski definition) is 4. The number of nitrogens with zero attached hydrogens (tertiary/aromatic N) is 3. The predicted octanol–water partition coefficient (Wildman–Crippen LogP) is 4.11. The van der Waals surface area contributed by atoms with Crippen molar-refractivity contribution in [2.45, 2.75) is 33.5 Å². The van der Waals surface area contributed by atoms with Crippen molar-refractivity contribution in [1.29, 1.82) is 0 Å². The lowest BCUT2D eigenvalue weighted by Crippen LogP contribution is -2.25. The Morgan fingerprint density at radius 3 is 2.54 bits per heavy atom. The summed E-state index contributed by atoms with van der Waals surface area (Å²) in [5.41, 5.74) is 4.90. The second-order valence-electron chi connectivity index (χ2n) is 7.23. The fourth-order valence-corrected chi connectivity index (χ4v) is 3.31. The number of benzene rings is 1. The van der Waals surface area contributed by atoms with Gasteiger partial charge in [0.25, 0.3) is 5.56 Å². The summed E-state index contributed by atoms with van der Waals surface area (Å²) in [6, 6.07) is 17.8. The molecule has 3 heterocycles. The number of fused-ring (bicyclic) bond motifs is 1. The quantitative estimate of drug-likeness (QED) is 0.510. The second kappa shape index (κ2) is 7.82. The van der Waals surface area contributed by atoms with E-state index in [4.69, 9.17) is 9.40 Å². The van der Waals surface area contributed by atoms with Crippen LogP contribution in [0.3, 0.4) is 0 Å². The van der Waals surface area contributed by atoms with Crippen LogP contribution in [-0.4, -0.2) is 14.3 Å². The van der Waals surface area contributed by atoms with Crippen LogP contribution in [0.1, 0.15) is 28.1 Å². The molecule has 4 aromatic rings. The Balaban J connectivity index is 1.63. The molecular formula is C23H23N3O2. The molecule has 0 aliphatic heterocycles. The lowest BCUT2D eigenvalue weighted by atomic mass is 10.1. The van der Waals surface area contributed by atoms with Gasteiger partial charge in [0.15, 0.2) is 0 Å². The lowest BCUT2D eigenvalue weighted by molar-refractivity contribution is 0.224. The molecule has 0 aliphatic rings. The fraction of sp³-hybridized carbons (Fsp3) is 0.217. The smallest absolute Gasteiger partial charge is 0.258 e. The highest BCUT2D eigenvalue weighted by atomic mass is 16.3. The molecule has 0 radical (unpaired) electrons. The molecule has 142 valence electrons. The topological polar surface area (TPSA) is 50.8 Å². The molecule has 5 nitrogen and oxygen atoms in total. The number of pyridine rings is 1. The summed E-state index contributed by atoms with van der Waals surface area (Å²) >= 11 is 0. The summed E-state index contributed by atoms with van der Waals surface area (Å²) in [7, 11) is 0. The van der Waals surface area contributed by atoms with Gasteiger partial charge >= 0.3 is 0 Å². The third-order valence-electron chi connectivity index (χ3n) is 4.75. The van der Waals surface area contributed by atoms with Gasteiger partial charge in [-0.25, -0.2) is 4.98 Å². The molecule has 0 atom stereocenters. The summed E-state index contributed by atoms with van der Waals surface area (Å²) in [4.78, 5) is 19.4. The van der Waals surface area contributed by atoms with Gasteiger partial charge in [-0.3, -0.25) is 14.1 Å². The molecule has 1 aromatic carbocycles. The van der Waals surface area contributed by atoms with Crippen LogP contribution >= 0.6 is 0 Å². The van der Waals surface area contributed by atoms with Gasteiger partial charge < -0.3 is 4.42 Å². The van der Waals surface area contributed by atoms with Gasteiger partial charge in [-0.2, -0.15) is 0 Å². The maximum absolute atomic E-state index is 12.5. The average molecular weight is 373 g/mol. The van der Waals surface area contributed by atoms with Gasteiger partial charge in [0, 0.05) is 25.4 Å². The minimum absolute atomic E-state index is 0.0618. The zero-order chi connectivity index (χ0) is 19.5. The molecule has 0 saturated carbocycles. The number of hydrogen-bond donors (Lipinski definition) is 0. The van der Waals surface area contributed by atoms with E-state index in [2.05, 4.69) is 36.1 Å². The Labute approximate surface area is 163 Å². The highest BCUT2D eigenvalue weighted by molar-refractivity contribution is 5.41. The van der Waals surface area contributed by atoms with Crippen LogP contribution in [0.2, 0.25) is 0 Å². The molecule has 0 N–H and O–H groups in total. The maximum atomic E-state index is 12.5. The summed E-state index contributed by atoms with van der Waals surface area (Å²) < 4.78 is 7.12. The van der Waals surface area contributed by atoms with E-state index in [1.165, 1.54) is 11.1 Å². The summed E-state index contributed by atoms with van der Waals surface area (Å²) in [5.74, 6) is 0.889. The molecular weight excluding hydrogens is 350 g/mol. The minimum atomic E-state index is -0.0618. The molecule has 3 aromatic heterocycles. The van der Waals surface area contributed by atoms with Gasteiger partial charge in [-0.15, -0.1) is 0 Å². The Morgan fingerprint density at radius 2 is 1.79 bits per heavy atom. The van der Waals surface area contributed by atoms with Crippen molar-refractivity contribution in [3.05, 3.63) is 106 Å². The molecule has 0 spiro atoms. The van der Waals surface area contributed by atoms with Gasteiger partial charge in [0.2, 0.25) is 0 Å². The zero-order valence-electron chi connectivity index (χ0n) is 16.1. The van der Waals surface area contributed by atoms with Crippen molar-refractivity contribution in [3.8, 4) is 0 Å². The SMILES string of the molecule is Cc1ccc(CN(Cc2cc(=O)n3ccc(C)cc3n2)Cc2ccco2)cc1. The maximum Gasteiger partial charge on any atom is 0.258 e. The minimum Gasteiger partial charge on any atom is -0.468 e. The lowest BCUT2D eigenvalue weighted by Gasteiger charge is -2.21. The van der Waals surface area contributed by atoms with Gasteiger partial charge in [-0.05, 0) is 49.2 Å². The first kappa shape index (κ1) is 18.2. The highest BCUT2D eigenvalue weighted by Gasteiger charge is 2.12. The van der Waals surface area contributed by atoms with Crippen molar-refractivity contribution < 1.29 is 4.42 Å². The van der Waals surface area contributed by atoms with Crippen molar-refractivity contribution in [3.63, 3.8) is 0 Å². The number of rotatable bonds is 6. The highest BCUT2D eigenvalue weighted by Crippen LogP contribution is 2.14. The second-order valence-corrected chi connectivity index (χ2v) is 7.23. The average Bonchev–Trinajstić information content (AvgIpc) is 3.16. The van der Waals surface area contributed by atoms with Crippen molar-refractivity contribution >= 4 is 5.65 Å². The van der Waals surface area contributed by atoms with E-state index in [-0.39, 0.29) is 5.56 Å². The Bertz CT molecular complexity index is 1130. The summed E-state index contributed by atoms with van der Waals surface area (Å²) in [5, 5.41) is 0. The van der Waals surface area contributed by atoms with Crippen LogP contribution in [0.5, 0.6) is 0 Å².